The summed E-state index contributed by atoms with van der Waals surface area (Å²) in [6.07, 6.45) is 5.39. The van der Waals surface area contributed by atoms with Crippen molar-refractivity contribution < 1.29 is 37.3 Å². The first-order chi connectivity index (χ1) is 11.6. The monoisotopic (exact) mass is 434 g/mol. The molecule has 0 saturated carbocycles. The van der Waals surface area contributed by atoms with E-state index >= 15 is 0 Å². The number of nitrogen functional groups attached to an aromatic ring is 1. The van der Waals surface area contributed by atoms with Crippen molar-refractivity contribution in [2.45, 2.75) is 28.2 Å². The van der Waals surface area contributed by atoms with Gasteiger partial charge in [0.25, 0.3) is 0 Å². The largest absolute Gasteiger partial charge is 0.399 e. The van der Waals surface area contributed by atoms with Crippen LogP contribution >= 0.6 is 0 Å². The van der Waals surface area contributed by atoms with Crippen LogP contribution < -0.4 is 5.73 Å². The van der Waals surface area contributed by atoms with Crippen LogP contribution in [0.5, 0.6) is 0 Å². The van der Waals surface area contributed by atoms with Crippen molar-refractivity contribution in [2.75, 3.05) is 12.8 Å². The molecule has 0 aliphatic carbocycles. The first kappa shape index (κ1) is 23.3. The maximum atomic E-state index is 5.84. The Bertz CT molecular complexity index is 1020. The van der Waals surface area contributed by atoms with E-state index < -0.39 is 0 Å². The van der Waals surface area contributed by atoms with E-state index in [-0.39, 0.29) is 47.6 Å². The van der Waals surface area contributed by atoms with E-state index in [9.17, 15) is 0 Å². The molecule has 0 atom stereocenters. The minimum absolute atomic E-state index is 0. The van der Waals surface area contributed by atoms with Gasteiger partial charge in [0.2, 0.25) is 5.69 Å². The van der Waals surface area contributed by atoms with Crippen molar-refractivity contribution in [3.8, 4) is 0 Å². The third-order valence-corrected chi connectivity index (χ3v) is 4.92. The molecule has 0 fully saturated rings. The average molecular weight is 434 g/mol. The van der Waals surface area contributed by atoms with Crippen LogP contribution in [0.2, 0.25) is 0 Å². The molecule has 137 valence electrons. The number of hydrogen-bond acceptors (Lipinski definition) is 1. The van der Waals surface area contributed by atoms with Gasteiger partial charge >= 0.3 is 0 Å². The molecule has 0 aromatic heterocycles. The number of rotatable bonds is 2. The van der Waals surface area contributed by atoms with Crippen LogP contribution in [0.1, 0.15) is 31.5 Å². The zero-order valence-corrected chi connectivity index (χ0v) is 17.5. The summed E-state index contributed by atoms with van der Waals surface area (Å²) < 4.78 is 2.30. The summed E-state index contributed by atoms with van der Waals surface area (Å²) >= 11 is 0. The van der Waals surface area contributed by atoms with Gasteiger partial charge in [-0.2, -0.15) is 4.58 Å². The SMILES string of the molecule is C.C.Cc1cc(N)ccc1C=CC1=[N+](C)c2ccc3ccccc3c2C1.[Y]. The second-order valence-electron chi connectivity index (χ2n) is 6.46. The molecule has 0 bridgehead atoms. The van der Waals surface area contributed by atoms with E-state index in [4.69, 9.17) is 5.73 Å². The average Bonchev–Trinajstić information content (AvgIpc) is 2.91. The summed E-state index contributed by atoms with van der Waals surface area (Å²) in [5.41, 5.74) is 13.1. The Morgan fingerprint density at radius 1 is 0.963 bits per heavy atom. The minimum Gasteiger partial charge on any atom is -0.399 e. The summed E-state index contributed by atoms with van der Waals surface area (Å²) in [7, 11) is 2.15. The van der Waals surface area contributed by atoms with Gasteiger partial charge in [-0.3, -0.25) is 0 Å². The number of hydrogen-bond donors (Lipinski definition) is 1. The molecular weight excluding hydrogens is 405 g/mol. The van der Waals surface area contributed by atoms with Crippen molar-refractivity contribution in [2.24, 2.45) is 0 Å². The zero-order valence-electron chi connectivity index (χ0n) is 14.7. The van der Waals surface area contributed by atoms with E-state index in [2.05, 4.69) is 73.2 Å². The van der Waals surface area contributed by atoms with Crippen molar-refractivity contribution in [3.05, 3.63) is 77.4 Å². The number of aryl methyl sites for hydroxylation is 1. The maximum Gasteiger partial charge on any atom is 0.209 e. The molecule has 2 N–H and O–H groups in total. The first-order valence-corrected chi connectivity index (χ1v) is 8.28. The van der Waals surface area contributed by atoms with Gasteiger partial charge in [-0.1, -0.05) is 45.2 Å². The third-order valence-electron chi connectivity index (χ3n) is 4.92. The Kier molecular flexibility index (Phi) is 8.13. The van der Waals surface area contributed by atoms with Gasteiger partial charge in [0.15, 0.2) is 5.71 Å². The summed E-state index contributed by atoms with van der Waals surface area (Å²) in [6.45, 7) is 2.10. The Labute approximate surface area is 188 Å². The van der Waals surface area contributed by atoms with Crippen LogP contribution in [0.3, 0.4) is 0 Å². The van der Waals surface area contributed by atoms with Crippen LogP contribution in [-0.2, 0) is 39.1 Å². The van der Waals surface area contributed by atoms with Crippen molar-refractivity contribution in [1.82, 2.24) is 0 Å². The van der Waals surface area contributed by atoms with Gasteiger partial charge < -0.3 is 5.73 Å². The molecule has 0 spiro atoms. The van der Waals surface area contributed by atoms with Crippen LogP contribution in [0.15, 0.2) is 60.7 Å². The Balaban J connectivity index is 0.00000121. The standard InChI is InChI=1S/C22H20N2.2CH4.Y/c1-15-13-18(23)10-7-16(15)8-11-19-14-21-20-6-4-3-5-17(20)9-12-22(21)24(19)2;;;/h3-13,23H,14H2,1-2H3;2*1H4;/p+1. The van der Waals surface area contributed by atoms with E-state index in [1.165, 1.54) is 38.9 Å². The first-order valence-electron chi connectivity index (χ1n) is 8.28. The second-order valence-corrected chi connectivity index (χ2v) is 6.46. The topological polar surface area (TPSA) is 29.0 Å². The summed E-state index contributed by atoms with van der Waals surface area (Å²) in [4.78, 5) is 0. The molecule has 4 rings (SSSR count). The summed E-state index contributed by atoms with van der Waals surface area (Å²) in [5.74, 6) is 0. The number of benzene rings is 3. The van der Waals surface area contributed by atoms with E-state index in [0.29, 0.717) is 0 Å². The Hall–Kier alpha value is -1.77. The van der Waals surface area contributed by atoms with Crippen LogP contribution in [-0.4, -0.2) is 17.3 Å². The fourth-order valence-corrected chi connectivity index (χ4v) is 3.52. The van der Waals surface area contributed by atoms with Crippen molar-refractivity contribution >= 4 is 33.9 Å². The molecule has 3 aromatic carbocycles. The molecule has 1 heterocycles. The normalized spacial score (nSPS) is 12.4. The van der Waals surface area contributed by atoms with E-state index in [1.807, 2.05) is 12.1 Å². The van der Waals surface area contributed by atoms with Crippen LogP contribution in [0, 0.1) is 6.92 Å². The van der Waals surface area contributed by atoms with E-state index in [1.54, 1.807) is 0 Å². The molecule has 3 heteroatoms. The Morgan fingerprint density at radius 3 is 2.44 bits per heavy atom. The molecule has 2 nitrogen and oxygen atoms in total. The number of allylic oxidation sites excluding steroid dienone is 1. The molecule has 0 amide bonds. The van der Waals surface area contributed by atoms with Crippen LogP contribution in [0.4, 0.5) is 11.4 Å². The van der Waals surface area contributed by atoms with Gasteiger partial charge in [0.05, 0.1) is 6.42 Å². The number of nitrogens with two attached hydrogens (primary N) is 1. The quantitative estimate of drug-likeness (QED) is 0.390. The third kappa shape index (κ3) is 4.39. The molecule has 3 aromatic rings. The van der Waals surface area contributed by atoms with Gasteiger partial charge in [0, 0.05) is 56.1 Å². The molecule has 1 aliphatic heterocycles. The smallest absolute Gasteiger partial charge is 0.209 e. The van der Waals surface area contributed by atoms with Gasteiger partial charge in [-0.05, 0) is 53.1 Å². The Morgan fingerprint density at radius 2 is 1.70 bits per heavy atom. The predicted molar refractivity (Wildman–Crippen MR) is 117 cm³/mol. The zero-order chi connectivity index (χ0) is 16.7. The molecule has 0 unspecified atom stereocenters. The van der Waals surface area contributed by atoms with Gasteiger partial charge in [0.1, 0.15) is 7.05 Å². The minimum atomic E-state index is 0. The second kappa shape index (κ2) is 9.44. The number of nitrogens with zero attached hydrogens (tertiary/aromatic N) is 1. The summed E-state index contributed by atoms with van der Waals surface area (Å²) in [5, 5.41) is 2.66. The number of fused-ring (bicyclic) bond motifs is 3. The molecule has 1 radical (unpaired) electrons. The fraction of sp³-hybridized carbons (Fsp3) is 0.208. The van der Waals surface area contributed by atoms with Crippen molar-refractivity contribution in [3.63, 3.8) is 0 Å². The van der Waals surface area contributed by atoms with Crippen molar-refractivity contribution in [1.29, 1.82) is 0 Å². The molecule has 27 heavy (non-hydrogen) atoms. The molecule has 1 aliphatic rings. The summed E-state index contributed by atoms with van der Waals surface area (Å²) in [6, 6.07) is 19.1. The maximum absolute atomic E-state index is 5.84. The molecular formula is C24H29N2Y+. The molecule has 0 saturated heterocycles. The van der Waals surface area contributed by atoms with Gasteiger partial charge in [-0.15, -0.1) is 0 Å². The van der Waals surface area contributed by atoms with Gasteiger partial charge in [-0.25, -0.2) is 0 Å². The number of anilines is 1. The predicted octanol–water partition coefficient (Wildman–Crippen LogP) is 5.98. The van der Waals surface area contributed by atoms with Crippen LogP contribution in [0.25, 0.3) is 16.8 Å². The van der Waals surface area contributed by atoms with E-state index in [0.717, 1.165) is 12.1 Å². The fourth-order valence-electron chi connectivity index (χ4n) is 3.52.